The number of amides is 2. The molecule has 6 nitrogen and oxygen atoms in total. The standard InChI is InChI=1S/C25H30FN3O3/c26-21-9-7-20(8-10-21)25(31-17-18-32-25)11-4-14-28-15-12-24(13-16-28)19-27-23(30)29(24)22-5-2-1-3-6-22/h1-3,5-10H,4,11-19H2,(H,27,30). The number of benzene rings is 2. The van der Waals surface area contributed by atoms with Gasteiger partial charge in [-0.15, -0.1) is 0 Å². The zero-order chi connectivity index (χ0) is 22.0. The molecule has 3 aliphatic rings. The number of nitrogens with one attached hydrogen (secondary N) is 1. The van der Waals surface area contributed by atoms with E-state index in [1.165, 1.54) is 12.1 Å². The van der Waals surface area contributed by atoms with Crippen molar-refractivity contribution in [2.24, 2.45) is 0 Å². The maximum Gasteiger partial charge on any atom is 0.322 e. The van der Waals surface area contributed by atoms with E-state index in [1.54, 1.807) is 12.1 Å². The third-order valence-corrected chi connectivity index (χ3v) is 7.07. The molecule has 3 saturated heterocycles. The van der Waals surface area contributed by atoms with Gasteiger partial charge in [0.2, 0.25) is 0 Å². The Kier molecular flexibility index (Phi) is 5.88. The molecule has 3 aliphatic heterocycles. The van der Waals surface area contributed by atoms with Crippen molar-refractivity contribution in [2.75, 3.05) is 44.3 Å². The largest absolute Gasteiger partial charge is 0.343 e. The summed E-state index contributed by atoms with van der Waals surface area (Å²) in [6.45, 7) is 4.65. The van der Waals surface area contributed by atoms with Crippen molar-refractivity contribution in [1.29, 1.82) is 0 Å². The minimum Gasteiger partial charge on any atom is -0.343 e. The van der Waals surface area contributed by atoms with Crippen LogP contribution in [0, 0.1) is 5.82 Å². The Hall–Kier alpha value is -2.48. The molecule has 2 amide bonds. The van der Waals surface area contributed by atoms with Gasteiger partial charge in [0.05, 0.1) is 18.8 Å². The summed E-state index contributed by atoms with van der Waals surface area (Å²) >= 11 is 0. The molecule has 1 spiro atoms. The topological polar surface area (TPSA) is 54.0 Å². The van der Waals surface area contributed by atoms with Crippen molar-refractivity contribution in [3.8, 4) is 0 Å². The van der Waals surface area contributed by atoms with Crippen LogP contribution in [0.2, 0.25) is 0 Å². The van der Waals surface area contributed by atoms with Gasteiger partial charge in [-0.25, -0.2) is 9.18 Å². The minimum atomic E-state index is -0.767. The van der Waals surface area contributed by atoms with Gasteiger partial charge in [-0.2, -0.15) is 0 Å². The number of ether oxygens (including phenoxy) is 2. The first-order chi connectivity index (χ1) is 15.6. The van der Waals surface area contributed by atoms with Gasteiger partial charge in [-0.3, -0.25) is 4.90 Å². The number of para-hydroxylation sites is 1. The number of anilines is 1. The average molecular weight is 440 g/mol. The highest BCUT2D eigenvalue weighted by atomic mass is 19.1. The molecular weight excluding hydrogens is 409 g/mol. The van der Waals surface area contributed by atoms with Crippen molar-refractivity contribution in [3.63, 3.8) is 0 Å². The number of carbonyl (C=O) groups excluding carboxylic acids is 1. The monoisotopic (exact) mass is 439 g/mol. The number of rotatable bonds is 6. The predicted octanol–water partition coefficient (Wildman–Crippen LogP) is 3.87. The first kappa shape index (κ1) is 21.4. The van der Waals surface area contributed by atoms with E-state index in [-0.39, 0.29) is 17.4 Å². The lowest BCUT2D eigenvalue weighted by molar-refractivity contribution is -0.172. The number of urea groups is 1. The average Bonchev–Trinajstić information content (AvgIpc) is 3.42. The molecule has 0 aliphatic carbocycles. The number of hydrogen-bond donors (Lipinski definition) is 1. The molecule has 0 aromatic heterocycles. The van der Waals surface area contributed by atoms with E-state index >= 15 is 0 Å². The Morgan fingerprint density at radius 2 is 1.66 bits per heavy atom. The van der Waals surface area contributed by atoms with Crippen LogP contribution in [-0.4, -0.2) is 55.9 Å². The molecule has 0 bridgehead atoms. The van der Waals surface area contributed by atoms with E-state index in [2.05, 4.69) is 10.2 Å². The molecular formula is C25H30FN3O3. The third kappa shape index (κ3) is 4.00. The van der Waals surface area contributed by atoms with Crippen LogP contribution < -0.4 is 10.2 Å². The van der Waals surface area contributed by atoms with Crippen molar-refractivity contribution in [3.05, 3.63) is 66.0 Å². The molecule has 2 aromatic carbocycles. The fourth-order valence-corrected chi connectivity index (χ4v) is 5.32. The van der Waals surface area contributed by atoms with E-state index in [1.807, 2.05) is 35.2 Å². The van der Waals surface area contributed by atoms with Gasteiger partial charge in [0, 0.05) is 37.3 Å². The Bertz CT molecular complexity index is 923. The molecule has 0 atom stereocenters. The van der Waals surface area contributed by atoms with Crippen molar-refractivity contribution < 1.29 is 18.7 Å². The summed E-state index contributed by atoms with van der Waals surface area (Å²) in [6, 6.07) is 16.4. The van der Waals surface area contributed by atoms with Crippen molar-refractivity contribution in [2.45, 2.75) is 37.0 Å². The lowest BCUT2D eigenvalue weighted by Crippen LogP contribution is -2.55. The molecule has 32 heavy (non-hydrogen) atoms. The van der Waals surface area contributed by atoms with E-state index in [0.29, 0.717) is 19.8 Å². The third-order valence-electron chi connectivity index (χ3n) is 7.07. The number of halogens is 1. The quantitative estimate of drug-likeness (QED) is 0.743. The molecule has 3 heterocycles. The summed E-state index contributed by atoms with van der Waals surface area (Å²) in [7, 11) is 0. The number of hydrogen-bond acceptors (Lipinski definition) is 4. The fourth-order valence-electron chi connectivity index (χ4n) is 5.32. The van der Waals surface area contributed by atoms with Crippen LogP contribution in [0.5, 0.6) is 0 Å². The highest BCUT2D eigenvalue weighted by Gasteiger charge is 2.48. The second kappa shape index (κ2) is 8.81. The Morgan fingerprint density at radius 3 is 2.34 bits per heavy atom. The lowest BCUT2D eigenvalue weighted by Gasteiger charge is -2.44. The van der Waals surface area contributed by atoms with Crippen LogP contribution >= 0.6 is 0 Å². The zero-order valence-electron chi connectivity index (χ0n) is 18.3. The summed E-state index contributed by atoms with van der Waals surface area (Å²) in [5.41, 5.74) is 1.69. The van der Waals surface area contributed by atoms with E-state index in [0.717, 1.165) is 56.6 Å². The van der Waals surface area contributed by atoms with E-state index in [9.17, 15) is 9.18 Å². The first-order valence-corrected chi connectivity index (χ1v) is 11.5. The normalized spacial score (nSPS) is 22.4. The summed E-state index contributed by atoms with van der Waals surface area (Å²) in [4.78, 5) is 17.0. The molecule has 5 rings (SSSR count). The fraction of sp³-hybridized carbons (Fsp3) is 0.480. The first-order valence-electron chi connectivity index (χ1n) is 11.5. The van der Waals surface area contributed by atoms with E-state index in [4.69, 9.17) is 9.47 Å². The highest BCUT2D eigenvalue weighted by molar-refractivity contribution is 5.96. The second-order valence-electron chi connectivity index (χ2n) is 8.96. The van der Waals surface area contributed by atoms with Crippen LogP contribution in [0.4, 0.5) is 14.9 Å². The lowest BCUT2D eigenvalue weighted by atomic mass is 9.86. The summed E-state index contributed by atoms with van der Waals surface area (Å²) < 4.78 is 25.3. The maximum atomic E-state index is 13.4. The summed E-state index contributed by atoms with van der Waals surface area (Å²) in [6.07, 6.45) is 3.54. The Morgan fingerprint density at radius 1 is 0.969 bits per heavy atom. The Balaban J connectivity index is 1.18. The van der Waals surface area contributed by atoms with Crippen molar-refractivity contribution >= 4 is 11.7 Å². The van der Waals surface area contributed by atoms with Crippen molar-refractivity contribution in [1.82, 2.24) is 10.2 Å². The van der Waals surface area contributed by atoms with Crippen LogP contribution in [0.25, 0.3) is 0 Å². The minimum absolute atomic E-state index is 0.00132. The Labute approximate surface area is 188 Å². The zero-order valence-corrected chi connectivity index (χ0v) is 18.3. The number of nitrogens with zero attached hydrogens (tertiary/aromatic N) is 2. The van der Waals surface area contributed by atoms with Gasteiger partial charge in [-0.1, -0.05) is 30.3 Å². The molecule has 0 unspecified atom stereocenters. The SMILES string of the molecule is O=C1NCC2(CCN(CCCC3(c4ccc(F)cc4)OCCO3)CC2)N1c1ccccc1. The van der Waals surface area contributed by atoms with Gasteiger partial charge in [0.25, 0.3) is 0 Å². The maximum absolute atomic E-state index is 13.4. The predicted molar refractivity (Wildman–Crippen MR) is 120 cm³/mol. The molecule has 0 saturated carbocycles. The van der Waals surface area contributed by atoms with E-state index < -0.39 is 5.79 Å². The van der Waals surface area contributed by atoms with Crippen LogP contribution in [-0.2, 0) is 15.3 Å². The second-order valence-corrected chi connectivity index (χ2v) is 8.96. The highest BCUT2D eigenvalue weighted by Crippen LogP contribution is 2.38. The van der Waals surface area contributed by atoms with Gasteiger partial charge < -0.3 is 19.7 Å². The molecule has 1 N–H and O–H groups in total. The van der Waals surface area contributed by atoms with Gasteiger partial charge in [0.15, 0.2) is 5.79 Å². The number of carbonyl (C=O) groups is 1. The summed E-state index contributed by atoms with van der Waals surface area (Å²) in [5.74, 6) is -1.02. The molecule has 0 radical (unpaired) electrons. The smallest absolute Gasteiger partial charge is 0.322 e. The van der Waals surface area contributed by atoms with Crippen LogP contribution in [0.1, 0.15) is 31.2 Å². The van der Waals surface area contributed by atoms with Gasteiger partial charge in [-0.05, 0) is 50.1 Å². The van der Waals surface area contributed by atoms with Gasteiger partial charge >= 0.3 is 6.03 Å². The van der Waals surface area contributed by atoms with Gasteiger partial charge in [0.1, 0.15) is 5.82 Å². The molecule has 7 heteroatoms. The molecule has 3 fully saturated rings. The number of piperidine rings is 1. The molecule has 170 valence electrons. The van der Waals surface area contributed by atoms with Crippen LogP contribution in [0.3, 0.4) is 0 Å². The number of likely N-dealkylation sites (tertiary alicyclic amines) is 1. The summed E-state index contributed by atoms with van der Waals surface area (Å²) in [5, 5.41) is 3.06. The van der Waals surface area contributed by atoms with Crippen LogP contribution in [0.15, 0.2) is 54.6 Å². The molecule has 2 aromatic rings.